The Morgan fingerprint density at radius 1 is 0.960 bits per heavy atom. The lowest BCUT2D eigenvalue weighted by atomic mass is 10.3. The molecule has 3 N–H and O–H groups in total. The third kappa shape index (κ3) is 3.81. The summed E-state index contributed by atoms with van der Waals surface area (Å²) in [6.07, 6.45) is 1.40. The van der Waals surface area contributed by atoms with Gasteiger partial charge in [0.05, 0.1) is 15.5 Å². The second-order valence-electron chi connectivity index (χ2n) is 4.93. The number of aromatic nitrogens is 4. The molecule has 0 saturated carbocycles. The summed E-state index contributed by atoms with van der Waals surface area (Å²) < 4.78 is 51.3. The number of sulfonamides is 2. The highest BCUT2D eigenvalue weighted by molar-refractivity contribution is 7.93. The number of nitrogens with two attached hydrogens (primary N) is 1. The summed E-state index contributed by atoms with van der Waals surface area (Å²) in [7, 11) is -7.98. The van der Waals surface area contributed by atoms with Crippen molar-refractivity contribution in [3.63, 3.8) is 0 Å². The molecule has 0 radical (unpaired) electrons. The predicted octanol–water partition coefficient (Wildman–Crippen LogP) is 0.110. The number of hydrogen-bond acceptors (Lipinski definition) is 7. The zero-order chi connectivity index (χ0) is 18.1. The number of tetrazole rings is 1. The SMILES string of the molecule is NS(=O)(=O)c1cccc(S(=O)(=O)Nc2ccc(-n3cnnn3)cc2)c1. The number of rotatable bonds is 5. The number of nitrogens with zero attached hydrogens (tertiary/aromatic N) is 4. The van der Waals surface area contributed by atoms with Crippen molar-refractivity contribution in [1.29, 1.82) is 0 Å². The molecule has 0 aliphatic rings. The van der Waals surface area contributed by atoms with Crippen LogP contribution in [0.2, 0.25) is 0 Å². The predicted molar refractivity (Wildman–Crippen MR) is 87.8 cm³/mol. The van der Waals surface area contributed by atoms with Gasteiger partial charge in [-0.15, -0.1) is 5.10 Å². The highest BCUT2D eigenvalue weighted by Crippen LogP contribution is 2.19. The van der Waals surface area contributed by atoms with E-state index in [1.54, 1.807) is 12.1 Å². The van der Waals surface area contributed by atoms with E-state index >= 15 is 0 Å². The van der Waals surface area contributed by atoms with Crippen molar-refractivity contribution in [1.82, 2.24) is 20.2 Å². The van der Waals surface area contributed by atoms with Gasteiger partial charge >= 0.3 is 0 Å². The molecule has 1 aromatic heterocycles. The number of nitrogens with one attached hydrogen (secondary N) is 1. The standard InChI is InChI=1S/C13H12N6O4S2/c14-24(20,21)12-2-1-3-13(8-12)25(22,23)16-10-4-6-11(7-5-10)19-9-15-17-18-19/h1-9,16H,(H2,14,20,21). The Hall–Kier alpha value is -2.83. The fraction of sp³-hybridized carbons (Fsp3) is 0. The van der Waals surface area contributed by atoms with Gasteiger partial charge in [0, 0.05) is 5.69 Å². The van der Waals surface area contributed by atoms with E-state index in [9.17, 15) is 16.8 Å². The van der Waals surface area contributed by atoms with Gasteiger partial charge in [-0.25, -0.2) is 26.7 Å². The van der Waals surface area contributed by atoms with E-state index in [4.69, 9.17) is 5.14 Å². The molecule has 0 unspecified atom stereocenters. The lowest BCUT2D eigenvalue weighted by molar-refractivity contribution is 0.597. The van der Waals surface area contributed by atoms with E-state index in [1.807, 2.05) is 0 Å². The van der Waals surface area contributed by atoms with Crippen LogP contribution >= 0.6 is 0 Å². The zero-order valence-electron chi connectivity index (χ0n) is 12.5. The molecule has 0 atom stereocenters. The third-order valence-corrected chi connectivity index (χ3v) is 5.47. The van der Waals surface area contributed by atoms with Crippen molar-refractivity contribution < 1.29 is 16.8 Å². The minimum Gasteiger partial charge on any atom is -0.280 e. The molecular weight excluding hydrogens is 368 g/mol. The van der Waals surface area contributed by atoms with Crippen LogP contribution in [0.15, 0.2) is 64.6 Å². The normalized spacial score (nSPS) is 12.0. The first-order chi connectivity index (χ1) is 11.8. The van der Waals surface area contributed by atoms with Crippen molar-refractivity contribution in [3.8, 4) is 5.69 Å². The molecule has 0 spiro atoms. The Balaban J connectivity index is 1.87. The van der Waals surface area contributed by atoms with Crippen LogP contribution in [0.1, 0.15) is 0 Å². The third-order valence-electron chi connectivity index (χ3n) is 3.18. The van der Waals surface area contributed by atoms with Gasteiger partial charge in [0.1, 0.15) is 6.33 Å². The number of anilines is 1. The van der Waals surface area contributed by atoms with Crippen LogP contribution in [-0.4, -0.2) is 37.0 Å². The molecule has 0 saturated heterocycles. The van der Waals surface area contributed by atoms with Crippen molar-refractivity contribution in [2.75, 3.05) is 4.72 Å². The van der Waals surface area contributed by atoms with E-state index in [0.717, 1.165) is 6.07 Å². The van der Waals surface area contributed by atoms with Crippen LogP contribution < -0.4 is 9.86 Å². The summed E-state index contributed by atoms with van der Waals surface area (Å²) in [5.41, 5.74) is 0.932. The van der Waals surface area contributed by atoms with Gasteiger partial charge in [0.2, 0.25) is 10.0 Å². The van der Waals surface area contributed by atoms with Crippen molar-refractivity contribution in [2.45, 2.75) is 9.79 Å². The quantitative estimate of drug-likeness (QED) is 0.637. The summed E-state index contributed by atoms with van der Waals surface area (Å²) >= 11 is 0. The molecule has 25 heavy (non-hydrogen) atoms. The van der Waals surface area contributed by atoms with Crippen LogP contribution in [-0.2, 0) is 20.0 Å². The van der Waals surface area contributed by atoms with E-state index in [0.29, 0.717) is 5.69 Å². The van der Waals surface area contributed by atoms with Crippen LogP contribution in [0.25, 0.3) is 5.69 Å². The highest BCUT2D eigenvalue weighted by Gasteiger charge is 2.17. The lowest BCUT2D eigenvalue weighted by Crippen LogP contribution is -2.16. The number of primary sulfonamides is 1. The Morgan fingerprint density at radius 2 is 1.64 bits per heavy atom. The molecule has 0 aliphatic carbocycles. The molecule has 0 amide bonds. The first-order valence-electron chi connectivity index (χ1n) is 6.75. The zero-order valence-corrected chi connectivity index (χ0v) is 14.1. The summed E-state index contributed by atoms with van der Waals surface area (Å²) in [4.78, 5) is -0.506. The van der Waals surface area contributed by atoms with Crippen LogP contribution in [0.5, 0.6) is 0 Å². The van der Waals surface area contributed by atoms with Crippen LogP contribution in [0.3, 0.4) is 0 Å². The number of hydrogen-bond donors (Lipinski definition) is 2. The van der Waals surface area contributed by atoms with Crippen LogP contribution in [0, 0.1) is 0 Å². The van der Waals surface area contributed by atoms with Gasteiger partial charge in [-0.05, 0) is 52.9 Å². The van der Waals surface area contributed by atoms with Gasteiger partial charge in [-0.3, -0.25) is 4.72 Å². The Kier molecular flexibility index (Phi) is 4.24. The van der Waals surface area contributed by atoms with E-state index < -0.39 is 20.0 Å². The van der Waals surface area contributed by atoms with E-state index in [1.165, 1.54) is 41.3 Å². The fourth-order valence-electron chi connectivity index (χ4n) is 1.99. The average Bonchev–Trinajstić information content (AvgIpc) is 3.09. The summed E-state index contributed by atoms with van der Waals surface area (Å²) in [5.74, 6) is 0. The van der Waals surface area contributed by atoms with Gasteiger partial charge < -0.3 is 0 Å². The van der Waals surface area contributed by atoms with Crippen molar-refractivity contribution in [2.24, 2.45) is 5.14 Å². The van der Waals surface area contributed by atoms with Gasteiger partial charge in [0.25, 0.3) is 10.0 Å². The molecule has 12 heteroatoms. The maximum absolute atomic E-state index is 12.4. The number of benzene rings is 2. The molecule has 130 valence electrons. The topological polar surface area (TPSA) is 150 Å². The Labute approximate surface area is 143 Å². The summed E-state index contributed by atoms with van der Waals surface area (Å²) in [6, 6.07) is 11.1. The van der Waals surface area contributed by atoms with Crippen LogP contribution in [0.4, 0.5) is 5.69 Å². The molecule has 0 fully saturated rings. The highest BCUT2D eigenvalue weighted by atomic mass is 32.2. The summed E-state index contributed by atoms with van der Waals surface area (Å²) in [6.45, 7) is 0. The molecule has 0 bridgehead atoms. The van der Waals surface area contributed by atoms with Crippen molar-refractivity contribution >= 4 is 25.7 Å². The Morgan fingerprint density at radius 3 is 2.24 bits per heavy atom. The molecular formula is C13H12N6O4S2. The first kappa shape index (κ1) is 17.0. The lowest BCUT2D eigenvalue weighted by Gasteiger charge is -2.09. The van der Waals surface area contributed by atoms with Crippen molar-refractivity contribution in [3.05, 3.63) is 54.9 Å². The van der Waals surface area contributed by atoms with E-state index in [2.05, 4.69) is 20.2 Å². The molecule has 1 heterocycles. The molecule has 10 nitrogen and oxygen atoms in total. The largest absolute Gasteiger partial charge is 0.280 e. The minimum atomic E-state index is -4.00. The van der Waals surface area contributed by atoms with E-state index in [-0.39, 0.29) is 15.5 Å². The Bertz CT molecular complexity index is 1090. The monoisotopic (exact) mass is 380 g/mol. The van der Waals surface area contributed by atoms with Gasteiger partial charge in [-0.1, -0.05) is 6.07 Å². The molecule has 3 aromatic rings. The molecule has 3 rings (SSSR count). The maximum atomic E-state index is 12.4. The minimum absolute atomic E-state index is 0.219. The first-order valence-corrected chi connectivity index (χ1v) is 9.78. The summed E-state index contributed by atoms with van der Waals surface area (Å²) in [5, 5.41) is 15.8. The fourth-order valence-corrected chi connectivity index (χ4v) is 3.73. The second kappa shape index (κ2) is 6.23. The smallest absolute Gasteiger partial charge is 0.261 e. The van der Waals surface area contributed by atoms with Gasteiger partial charge in [0.15, 0.2) is 0 Å². The second-order valence-corrected chi connectivity index (χ2v) is 8.17. The molecule has 2 aromatic carbocycles. The maximum Gasteiger partial charge on any atom is 0.261 e. The average molecular weight is 380 g/mol. The van der Waals surface area contributed by atoms with Gasteiger partial charge in [-0.2, -0.15) is 0 Å². The molecule has 0 aliphatic heterocycles.